The molecule has 8 nitrogen and oxygen atoms in total. The van der Waals surface area contributed by atoms with Crippen LogP contribution in [-0.2, 0) is 4.79 Å². The van der Waals surface area contributed by atoms with Crippen molar-refractivity contribution in [3.8, 4) is 11.3 Å². The Bertz CT molecular complexity index is 1060. The smallest absolute Gasteiger partial charge is 0.342 e. The molecule has 0 aliphatic carbocycles. The fourth-order valence-electron chi connectivity index (χ4n) is 2.11. The molecule has 138 valence electrons. The van der Waals surface area contributed by atoms with Gasteiger partial charge in [0.15, 0.2) is 0 Å². The monoisotopic (exact) mass is 406 g/mol. The van der Waals surface area contributed by atoms with E-state index in [2.05, 4.69) is 10.2 Å². The third-order valence-corrected chi connectivity index (χ3v) is 4.48. The summed E-state index contributed by atoms with van der Waals surface area (Å²) < 4.78 is 10.8. The first kappa shape index (κ1) is 18.7. The van der Waals surface area contributed by atoms with Crippen molar-refractivity contribution in [3.63, 3.8) is 0 Å². The molecule has 0 radical (unpaired) electrons. The van der Waals surface area contributed by atoms with Crippen LogP contribution in [-0.4, -0.2) is 32.3 Å². The maximum atomic E-state index is 11.4. The highest BCUT2D eigenvalue weighted by atomic mass is 35.5. The molecule has 0 amide bonds. The highest BCUT2D eigenvalue weighted by Gasteiger charge is 2.16. The first-order valence-corrected chi connectivity index (χ1v) is 8.59. The van der Waals surface area contributed by atoms with E-state index in [9.17, 15) is 14.7 Å². The van der Waals surface area contributed by atoms with Crippen molar-refractivity contribution in [2.75, 3.05) is 0 Å². The number of benzene rings is 1. The average molecular weight is 407 g/mol. The minimum Gasteiger partial charge on any atom is -0.478 e. The maximum Gasteiger partial charge on any atom is 0.342 e. The van der Waals surface area contributed by atoms with Crippen LogP contribution >= 0.6 is 23.4 Å². The van der Waals surface area contributed by atoms with Gasteiger partial charge in [-0.1, -0.05) is 11.6 Å². The van der Waals surface area contributed by atoms with E-state index < -0.39 is 11.9 Å². The van der Waals surface area contributed by atoms with E-state index >= 15 is 0 Å². The number of halogens is 1. The quantitative estimate of drug-likeness (QED) is 0.457. The molecule has 3 aromatic rings. The number of aliphatic carboxylic acids is 1. The number of carbonyl (C=O) groups is 2. The zero-order chi connectivity index (χ0) is 19.6. The van der Waals surface area contributed by atoms with Crippen molar-refractivity contribution in [2.24, 2.45) is 0 Å². The number of rotatable bonds is 6. The van der Waals surface area contributed by atoms with E-state index in [-0.39, 0.29) is 26.5 Å². The molecule has 1 aromatic carbocycles. The van der Waals surface area contributed by atoms with Gasteiger partial charge in [0.05, 0.1) is 10.6 Å². The van der Waals surface area contributed by atoms with Crippen LogP contribution in [0.2, 0.25) is 5.02 Å². The Morgan fingerprint density at radius 1 is 1.15 bits per heavy atom. The molecular weight excluding hydrogens is 396 g/mol. The molecule has 2 heterocycles. The second kappa shape index (κ2) is 7.68. The standard InChI is InChI=1S/C17H11ClN2O6S/c1-8-19-20-17(25-8)27-14(16(23)24)7-10-3-5-13(26-10)9-2-4-12(18)11(6-9)15(21)22/h2-7H,1H3,(H,21,22)(H,23,24)/b14-7-. The fourth-order valence-corrected chi connectivity index (χ4v) is 3.00. The van der Waals surface area contributed by atoms with E-state index in [4.69, 9.17) is 25.5 Å². The van der Waals surface area contributed by atoms with Crippen LogP contribution in [0.3, 0.4) is 0 Å². The third-order valence-electron chi connectivity index (χ3n) is 3.30. The molecule has 0 atom stereocenters. The Labute approximate surface area is 161 Å². The summed E-state index contributed by atoms with van der Waals surface area (Å²) in [6.45, 7) is 1.59. The van der Waals surface area contributed by atoms with E-state index in [1.165, 1.54) is 18.2 Å². The summed E-state index contributed by atoms with van der Waals surface area (Å²) in [7, 11) is 0. The number of aryl methyl sites for hydroxylation is 1. The molecule has 0 aliphatic heterocycles. The van der Waals surface area contributed by atoms with Crippen LogP contribution in [0.25, 0.3) is 17.4 Å². The number of hydrogen-bond donors (Lipinski definition) is 2. The molecule has 10 heteroatoms. The number of hydrogen-bond acceptors (Lipinski definition) is 7. The molecule has 3 rings (SSSR count). The third kappa shape index (κ3) is 4.39. The Morgan fingerprint density at radius 2 is 1.93 bits per heavy atom. The summed E-state index contributed by atoms with van der Waals surface area (Å²) in [5.74, 6) is -1.40. The van der Waals surface area contributed by atoms with Crippen LogP contribution in [0.4, 0.5) is 0 Å². The predicted octanol–water partition coefficient (Wildman–Crippen LogP) is 4.21. The molecule has 0 fully saturated rings. The molecule has 0 unspecified atom stereocenters. The molecule has 2 aromatic heterocycles. The average Bonchev–Trinajstić information content (AvgIpc) is 3.23. The zero-order valence-electron chi connectivity index (χ0n) is 13.7. The van der Waals surface area contributed by atoms with Crippen molar-refractivity contribution < 1.29 is 28.6 Å². The summed E-state index contributed by atoms with van der Waals surface area (Å²) in [6.07, 6.45) is 1.31. The molecule has 27 heavy (non-hydrogen) atoms. The minimum absolute atomic E-state index is 0.0591. The lowest BCUT2D eigenvalue weighted by molar-refractivity contribution is -0.131. The van der Waals surface area contributed by atoms with Gasteiger partial charge in [0.25, 0.3) is 5.22 Å². The highest BCUT2D eigenvalue weighted by molar-refractivity contribution is 8.03. The van der Waals surface area contributed by atoms with Crippen LogP contribution in [0.15, 0.2) is 49.3 Å². The summed E-state index contributed by atoms with van der Waals surface area (Å²) in [5, 5.41) is 26.1. The number of nitrogens with zero attached hydrogens (tertiary/aromatic N) is 2. The van der Waals surface area contributed by atoms with Gasteiger partial charge < -0.3 is 19.0 Å². The zero-order valence-corrected chi connectivity index (χ0v) is 15.2. The van der Waals surface area contributed by atoms with Gasteiger partial charge in [-0.2, -0.15) is 0 Å². The van der Waals surface area contributed by atoms with Crippen LogP contribution in [0.1, 0.15) is 22.0 Å². The second-order valence-electron chi connectivity index (χ2n) is 5.20. The van der Waals surface area contributed by atoms with Crippen LogP contribution in [0.5, 0.6) is 0 Å². The van der Waals surface area contributed by atoms with E-state index in [1.807, 2.05) is 0 Å². The summed E-state index contributed by atoms with van der Waals surface area (Å²) in [6, 6.07) is 7.60. The summed E-state index contributed by atoms with van der Waals surface area (Å²) in [4.78, 5) is 22.6. The second-order valence-corrected chi connectivity index (χ2v) is 6.60. The van der Waals surface area contributed by atoms with Gasteiger partial charge in [-0.15, -0.1) is 10.2 Å². The lowest BCUT2D eigenvalue weighted by Gasteiger charge is -2.02. The SMILES string of the molecule is Cc1nnc(S/C(=C\c2ccc(-c3ccc(Cl)c(C(=O)O)c3)o2)C(=O)O)o1. The van der Waals surface area contributed by atoms with E-state index in [0.29, 0.717) is 17.2 Å². The van der Waals surface area contributed by atoms with Crippen LogP contribution < -0.4 is 0 Å². The maximum absolute atomic E-state index is 11.4. The molecular formula is C17H11ClN2O6S. The highest BCUT2D eigenvalue weighted by Crippen LogP contribution is 2.30. The molecule has 0 saturated carbocycles. The number of thioether (sulfide) groups is 1. The Hall–Kier alpha value is -3.04. The first-order valence-electron chi connectivity index (χ1n) is 7.39. The Balaban J connectivity index is 1.89. The normalized spacial score (nSPS) is 11.6. The van der Waals surface area contributed by atoms with Gasteiger partial charge in [-0.05, 0) is 42.1 Å². The van der Waals surface area contributed by atoms with E-state index in [0.717, 1.165) is 11.8 Å². The topological polar surface area (TPSA) is 127 Å². The van der Waals surface area contributed by atoms with Gasteiger partial charge in [-0.3, -0.25) is 0 Å². The van der Waals surface area contributed by atoms with Crippen molar-refractivity contribution >= 4 is 41.4 Å². The molecule has 0 saturated heterocycles. The minimum atomic E-state index is -1.19. The number of carboxylic acid groups (broad SMARTS) is 2. The van der Waals surface area contributed by atoms with Gasteiger partial charge in [0.2, 0.25) is 5.89 Å². The van der Waals surface area contributed by atoms with Crippen molar-refractivity contribution in [1.29, 1.82) is 0 Å². The number of carboxylic acids is 2. The molecule has 0 spiro atoms. The molecule has 0 aliphatic rings. The number of aromatic carboxylic acids is 1. The lowest BCUT2D eigenvalue weighted by atomic mass is 10.1. The van der Waals surface area contributed by atoms with Crippen molar-refractivity contribution in [2.45, 2.75) is 12.1 Å². The first-order chi connectivity index (χ1) is 12.8. The Morgan fingerprint density at radius 3 is 2.56 bits per heavy atom. The van der Waals surface area contributed by atoms with Gasteiger partial charge in [0, 0.05) is 18.6 Å². The van der Waals surface area contributed by atoms with Crippen molar-refractivity contribution in [1.82, 2.24) is 10.2 Å². The fraction of sp³-hybridized carbons (Fsp3) is 0.0588. The lowest BCUT2D eigenvalue weighted by Crippen LogP contribution is -1.97. The number of furan rings is 1. The summed E-state index contributed by atoms with van der Waals surface area (Å²) >= 11 is 6.65. The molecule has 0 bridgehead atoms. The summed E-state index contributed by atoms with van der Waals surface area (Å²) in [5.41, 5.74) is 0.435. The van der Waals surface area contributed by atoms with Gasteiger partial charge in [-0.25, -0.2) is 9.59 Å². The van der Waals surface area contributed by atoms with Gasteiger partial charge >= 0.3 is 11.9 Å². The Kier molecular flexibility index (Phi) is 5.33. The number of aromatic nitrogens is 2. The van der Waals surface area contributed by atoms with E-state index in [1.54, 1.807) is 25.1 Å². The predicted molar refractivity (Wildman–Crippen MR) is 96.6 cm³/mol. The van der Waals surface area contributed by atoms with Crippen LogP contribution in [0, 0.1) is 6.92 Å². The van der Waals surface area contributed by atoms with Gasteiger partial charge in [0.1, 0.15) is 16.4 Å². The molecule has 2 N–H and O–H groups in total. The van der Waals surface area contributed by atoms with Crippen molar-refractivity contribution in [3.05, 3.63) is 57.5 Å². The largest absolute Gasteiger partial charge is 0.478 e.